The lowest BCUT2D eigenvalue weighted by molar-refractivity contribution is -0.131. The molecule has 5 nitrogen and oxygen atoms in total. The highest BCUT2D eigenvalue weighted by Crippen LogP contribution is 2.45. The van der Waals surface area contributed by atoms with Gasteiger partial charge < -0.3 is 14.3 Å². The second-order valence-electron chi connectivity index (χ2n) is 11.4. The van der Waals surface area contributed by atoms with Crippen LogP contribution in [0.25, 0.3) is 0 Å². The Morgan fingerprint density at radius 3 is 1.78 bits per heavy atom. The third kappa shape index (κ3) is 6.35. The number of Topliss-reactive ketones (excluding diaryl/α,β-unsaturated/α-hetero) is 1. The lowest BCUT2D eigenvalue weighted by Crippen LogP contribution is -2.50. The molecule has 204 valence electrons. The molecule has 6 heteroatoms. The molecule has 2 aromatic rings. The Labute approximate surface area is 224 Å². The van der Waals surface area contributed by atoms with Gasteiger partial charge in [-0.2, -0.15) is 0 Å². The first-order chi connectivity index (χ1) is 17.2. The molecule has 2 rings (SSSR count). The van der Waals surface area contributed by atoms with Crippen LogP contribution in [0.5, 0.6) is 5.75 Å². The van der Waals surface area contributed by atoms with Crippen molar-refractivity contribution in [1.29, 1.82) is 0 Å². The Kier molecular flexibility index (Phi) is 10.3. The first kappa shape index (κ1) is 30.8. The van der Waals surface area contributed by atoms with Crippen LogP contribution in [-0.4, -0.2) is 31.8 Å². The molecule has 0 radical (unpaired) electrons. The molecule has 2 aromatic carbocycles. The number of ketones is 1. The summed E-state index contributed by atoms with van der Waals surface area (Å²) in [4.78, 5) is 23.3. The maximum Gasteiger partial charge on any atom is 0.377 e. The van der Waals surface area contributed by atoms with E-state index in [0.29, 0.717) is 23.2 Å². The number of carboxylic acids is 1. The molecular weight excluding hydrogens is 480 g/mol. The summed E-state index contributed by atoms with van der Waals surface area (Å²) in [7, 11) is -2.12. The van der Waals surface area contributed by atoms with Crippen LogP contribution in [0.15, 0.2) is 30.3 Å². The Morgan fingerprint density at radius 2 is 1.38 bits per heavy atom. The quantitative estimate of drug-likeness (QED) is 0.171. The van der Waals surface area contributed by atoms with E-state index in [4.69, 9.17) is 14.3 Å². The number of carbonyl (C=O) groups excluding carboxylic acids is 1. The number of benzene rings is 2. The summed E-state index contributed by atoms with van der Waals surface area (Å²) in [5, 5.41) is 9.17. The van der Waals surface area contributed by atoms with E-state index in [1.807, 2.05) is 20.8 Å². The van der Waals surface area contributed by atoms with Crippen molar-refractivity contribution in [2.24, 2.45) is 0 Å². The van der Waals surface area contributed by atoms with E-state index in [9.17, 15) is 9.59 Å². The lowest BCUT2D eigenvalue weighted by Gasteiger charge is -2.43. The predicted molar refractivity (Wildman–Crippen MR) is 154 cm³/mol. The van der Waals surface area contributed by atoms with Gasteiger partial charge in [0.1, 0.15) is 11.9 Å². The Hall–Kier alpha value is -2.44. The van der Waals surface area contributed by atoms with Crippen molar-refractivity contribution in [1.82, 2.24) is 0 Å². The van der Waals surface area contributed by atoms with Gasteiger partial charge in [-0.25, -0.2) is 4.79 Å². The van der Waals surface area contributed by atoms with Gasteiger partial charge in [-0.05, 0) is 95.4 Å². The Balaban J connectivity index is 2.66. The molecule has 0 bridgehead atoms. The zero-order valence-electron chi connectivity index (χ0n) is 24.6. The predicted octanol–water partition coefficient (Wildman–Crippen LogP) is 8.37. The highest BCUT2D eigenvalue weighted by molar-refractivity contribution is 6.78. The zero-order valence-corrected chi connectivity index (χ0v) is 25.6. The zero-order chi connectivity index (χ0) is 28.2. The minimum Gasteiger partial charge on any atom is -0.542 e. The highest BCUT2D eigenvalue weighted by Gasteiger charge is 2.47. The molecule has 37 heavy (non-hydrogen) atoms. The normalized spacial score (nSPS) is 13.1. The van der Waals surface area contributed by atoms with E-state index in [0.717, 1.165) is 33.6 Å². The van der Waals surface area contributed by atoms with Crippen LogP contribution in [0.3, 0.4) is 0 Å². The molecule has 1 unspecified atom stereocenters. The van der Waals surface area contributed by atoms with Crippen LogP contribution < -0.4 is 4.43 Å². The average Bonchev–Trinajstić information content (AvgIpc) is 2.80. The van der Waals surface area contributed by atoms with Gasteiger partial charge in [-0.3, -0.25) is 4.79 Å². The minimum absolute atomic E-state index is 0.186. The van der Waals surface area contributed by atoms with Crippen LogP contribution in [0.1, 0.15) is 113 Å². The van der Waals surface area contributed by atoms with Gasteiger partial charge in [0, 0.05) is 12.2 Å². The van der Waals surface area contributed by atoms with E-state index in [-0.39, 0.29) is 17.6 Å². The summed E-state index contributed by atoms with van der Waals surface area (Å²) in [5.41, 5.74) is 6.41. The molecule has 0 saturated carbocycles. The van der Waals surface area contributed by atoms with Crippen molar-refractivity contribution in [2.45, 2.75) is 105 Å². The molecule has 0 spiro atoms. The van der Waals surface area contributed by atoms with Crippen LogP contribution in [0.4, 0.5) is 0 Å². The number of aliphatic carboxylic acids is 1. The topological polar surface area (TPSA) is 72.8 Å². The summed E-state index contributed by atoms with van der Waals surface area (Å²) >= 11 is 0. The lowest BCUT2D eigenvalue weighted by atomic mass is 9.89. The van der Waals surface area contributed by atoms with Gasteiger partial charge in [-0.15, -0.1) is 0 Å². The Bertz CT molecular complexity index is 1070. The standard InChI is InChI=1S/C31H46O5Si/c1-12-35-30(28-22(10)15-25(16-23(28)11)29(32)31(33)34)24-13-14-27(26(17-24)18(2)3)36-37(19(4)5,20(6)7)21(8)9/h13-21,30H,12H2,1-11H3,(H,33,34). The number of carboxylic acid groups (broad SMARTS) is 1. The first-order valence-corrected chi connectivity index (χ1v) is 15.7. The van der Waals surface area contributed by atoms with Gasteiger partial charge in [-0.1, -0.05) is 61.5 Å². The van der Waals surface area contributed by atoms with Crippen LogP contribution in [0, 0.1) is 13.8 Å². The van der Waals surface area contributed by atoms with Gasteiger partial charge in [0.05, 0.1) is 0 Å². The average molecular weight is 527 g/mol. The van der Waals surface area contributed by atoms with Crippen molar-refractivity contribution in [2.75, 3.05) is 6.61 Å². The number of hydrogen-bond acceptors (Lipinski definition) is 4. The maximum atomic E-state index is 12.1. The molecule has 0 aromatic heterocycles. The minimum atomic E-state index is -2.12. The molecule has 1 N–H and O–H groups in total. The molecule has 0 amide bonds. The molecule has 0 heterocycles. The van der Waals surface area contributed by atoms with E-state index < -0.39 is 20.1 Å². The van der Waals surface area contributed by atoms with E-state index >= 15 is 0 Å². The summed E-state index contributed by atoms with van der Waals surface area (Å²) < 4.78 is 13.4. The SMILES string of the molecule is CCOC(c1ccc(O[Si](C(C)C)(C(C)C)C(C)C)c(C(C)C)c1)c1c(C)cc(C(=O)C(=O)O)cc1C. The first-order valence-electron chi connectivity index (χ1n) is 13.5. The summed E-state index contributed by atoms with van der Waals surface area (Å²) in [5.74, 6) is -1.13. The van der Waals surface area contributed by atoms with Crippen LogP contribution >= 0.6 is 0 Å². The van der Waals surface area contributed by atoms with Crippen molar-refractivity contribution >= 4 is 20.1 Å². The molecule has 0 saturated heterocycles. The molecule has 0 aliphatic carbocycles. The van der Waals surface area contributed by atoms with Gasteiger partial charge in [0.2, 0.25) is 0 Å². The second-order valence-corrected chi connectivity index (χ2v) is 16.7. The van der Waals surface area contributed by atoms with Gasteiger partial charge in [0.15, 0.2) is 0 Å². The monoisotopic (exact) mass is 526 g/mol. The fourth-order valence-electron chi connectivity index (χ4n) is 5.97. The summed E-state index contributed by atoms with van der Waals surface area (Å²) in [6.45, 7) is 24.4. The molecule has 1 atom stereocenters. The van der Waals surface area contributed by atoms with Crippen molar-refractivity contribution in [3.63, 3.8) is 0 Å². The second kappa shape index (κ2) is 12.4. The van der Waals surface area contributed by atoms with Crippen molar-refractivity contribution in [3.05, 3.63) is 63.7 Å². The Morgan fingerprint density at radius 1 is 0.865 bits per heavy atom. The van der Waals surface area contributed by atoms with E-state index in [1.165, 1.54) is 0 Å². The van der Waals surface area contributed by atoms with Gasteiger partial charge in [0.25, 0.3) is 14.1 Å². The van der Waals surface area contributed by atoms with Crippen molar-refractivity contribution < 1.29 is 23.9 Å². The van der Waals surface area contributed by atoms with E-state index in [2.05, 4.69) is 73.6 Å². The third-order valence-electron chi connectivity index (χ3n) is 7.60. The summed E-state index contributed by atoms with van der Waals surface area (Å²) in [6.07, 6.45) is -0.340. The van der Waals surface area contributed by atoms with Crippen molar-refractivity contribution in [3.8, 4) is 5.75 Å². The molecule has 0 aliphatic rings. The largest absolute Gasteiger partial charge is 0.542 e. The number of hydrogen-bond donors (Lipinski definition) is 1. The van der Waals surface area contributed by atoms with Crippen LogP contribution in [-0.2, 0) is 9.53 Å². The molecule has 0 fully saturated rings. The summed E-state index contributed by atoms with van der Waals surface area (Å²) in [6, 6.07) is 9.71. The van der Waals surface area contributed by atoms with Crippen LogP contribution in [0.2, 0.25) is 16.6 Å². The fourth-order valence-corrected chi connectivity index (χ4v) is 11.2. The number of carbonyl (C=O) groups is 2. The molecule has 0 aliphatic heterocycles. The smallest absolute Gasteiger partial charge is 0.377 e. The maximum absolute atomic E-state index is 12.1. The third-order valence-corrected chi connectivity index (χ3v) is 13.6. The molecular formula is C31H46O5Si. The van der Waals surface area contributed by atoms with E-state index in [1.54, 1.807) is 12.1 Å². The highest BCUT2D eigenvalue weighted by atomic mass is 28.4. The number of rotatable bonds is 12. The number of aryl methyl sites for hydroxylation is 2. The fraction of sp³-hybridized carbons (Fsp3) is 0.548. The number of ether oxygens (including phenoxy) is 1. The van der Waals surface area contributed by atoms with Gasteiger partial charge >= 0.3 is 5.97 Å².